The van der Waals surface area contributed by atoms with Crippen molar-refractivity contribution in [3.63, 3.8) is 0 Å². The minimum Gasteiger partial charge on any atom is -0.478 e. The molecule has 106 valence electrons. The SMILES string of the molecule is Cn1cc(Oc2ccc(S(N)(=O)=O)cc2C(=O)O)cn1. The largest absolute Gasteiger partial charge is 0.478 e. The smallest absolute Gasteiger partial charge is 0.339 e. The average Bonchev–Trinajstić information content (AvgIpc) is 2.73. The van der Waals surface area contributed by atoms with Crippen molar-refractivity contribution in [1.82, 2.24) is 9.78 Å². The molecule has 1 aromatic heterocycles. The van der Waals surface area contributed by atoms with Crippen molar-refractivity contribution in [2.75, 3.05) is 0 Å². The molecule has 0 saturated heterocycles. The van der Waals surface area contributed by atoms with Crippen molar-refractivity contribution in [2.24, 2.45) is 12.2 Å². The summed E-state index contributed by atoms with van der Waals surface area (Å²) in [6.07, 6.45) is 2.94. The highest BCUT2D eigenvalue weighted by molar-refractivity contribution is 7.89. The highest BCUT2D eigenvalue weighted by Gasteiger charge is 2.17. The number of hydrogen-bond acceptors (Lipinski definition) is 5. The Morgan fingerprint density at radius 3 is 2.65 bits per heavy atom. The van der Waals surface area contributed by atoms with Crippen LogP contribution in [-0.4, -0.2) is 29.3 Å². The van der Waals surface area contributed by atoms with Gasteiger partial charge in [-0.25, -0.2) is 18.4 Å². The quantitative estimate of drug-likeness (QED) is 0.849. The molecular formula is C11H11N3O5S. The topological polar surface area (TPSA) is 125 Å². The number of carbonyl (C=O) groups is 1. The van der Waals surface area contributed by atoms with Crippen LogP contribution in [0.15, 0.2) is 35.5 Å². The Bertz CT molecular complexity index is 766. The second-order valence-corrected chi connectivity index (χ2v) is 5.52. The van der Waals surface area contributed by atoms with E-state index in [1.165, 1.54) is 23.0 Å². The maximum Gasteiger partial charge on any atom is 0.339 e. The van der Waals surface area contributed by atoms with Gasteiger partial charge < -0.3 is 9.84 Å². The van der Waals surface area contributed by atoms with Crippen LogP contribution in [0.25, 0.3) is 0 Å². The summed E-state index contributed by atoms with van der Waals surface area (Å²) in [5, 5.41) is 17.9. The molecule has 0 fully saturated rings. The highest BCUT2D eigenvalue weighted by Crippen LogP contribution is 2.27. The van der Waals surface area contributed by atoms with Crippen molar-refractivity contribution >= 4 is 16.0 Å². The highest BCUT2D eigenvalue weighted by atomic mass is 32.2. The van der Waals surface area contributed by atoms with Crippen molar-refractivity contribution in [3.05, 3.63) is 36.2 Å². The molecule has 0 bridgehead atoms. The lowest BCUT2D eigenvalue weighted by atomic mass is 10.2. The van der Waals surface area contributed by atoms with E-state index >= 15 is 0 Å². The van der Waals surface area contributed by atoms with E-state index in [9.17, 15) is 13.2 Å². The van der Waals surface area contributed by atoms with Crippen molar-refractivity contribution in [1.29, 1.82) is 0 Å². The van der Waals surface area contributed by atoms with Gasteiger partial charge in [0.25, 0.3) is 0 Å². The Hall–Kier alpha value is -2.39. The van der Waals surface area contributed by atoms with Crippen LogP contribution in [0.3, 0.4) is 0 Å². The molecule has 8 nitrogen and oxygen atoms in total. The summed E-state index contributed by atoms with van der Waals surface area (Å²) in [5.41, 5.74) is -0.305. The van der Waals surface area contributed by atoms with Gasteiger partial charge in [0.2, 0.25) is 10.0 Å². The molecule has 0 saturated carbocycles. The molecule has 1 aromatic carbocycles. The van der Waals surface area contributed by atoms with Gasteiger partial charge in [-0.2, -0.15) is 5.10 Å². The first-order valence-corrected chi connectivity index (χ1v) is 6.88. The van der Waals surface area contributed by atoms with E-state index in [0.29, 0.717) is 5.75 Å². The fraction of sp³-hybridized carbons (Fsp3) is 0.0909. The van der Waals surface area contributed by atoms with Gasteiger partial charge in [-0.1, -0.05) is 0 Å². The molecule has 2 rings (SSSR count). The van der Waals surface area contributed by atoms with Crippen LogP contribution in [0.1, 0.15) is 10.4 Å². The standard InChI is InChI=1S/C11H11N3O5S/c1-14-6-7(5-13-14)19-10-3-2-8(20(12,17)18)4-9(10)11(15)16/h2-6H,1H3,(H,15,16)(H2,12,17,18). The summed E-state index contributed by atoms with van der Waals surface area (Å²) >= 11 is 0. The van der Waals surface area contributed by atoms with E-state index in [-0.39, 0.29) is 16.2 Å². The zero-order chi connectivity index (χ0) is 14.9. The summed E-state index contributed by atoms with van der Waals surface area (Å²) in [4.78, 5) is 10.9. The predicted molar refractivity (Wildman–Crippen MR) is 68.1 cm³/mol. The molecule has 9 heteroatoms. The zero-order valence-electron chi connectivity index (χ0n) is 10.3. The van der Waals surface area contributed by atoms with Crippen LogP contribution in [-0.2, 0) is 17.1 Å². The molecule has 3 N–H and O–H groups in total. The minimum absolute atomic E-state index is 0.00194. The molecule has 0 aliphatic carbocycles. The number of nitrogens with zero attached hydrogens (tertiary/aromatic N) is 2. The summed E-state index contributed by atoms with van der Waals surface area (Å²) < 4.78 is 29.3. The van der Waals surface area contributed by atoms with Crippen LogP contribution < -0.4 is 9.88 Å². The van der Waals surface area contributed by atoms with Crippen LogP contribution in [0.4, 0.5) is 0 Å². The fourth-order valence-corrected chi connectivity index (χ4v) is 2.06. The molecule has 2 aromatic rings. The number of carboxylic acids is 1. The second-order valence-electron chi connectivity index (χ2n) is 3.96. The number of sulfonamides is 1. The lowest BCUT2D eigenvalue weighted by Crippen LogP contribution is -2.13. The molecule has 20 heavy (non-hydrogen) atoms. The Balaban J connectivity index is 2.45. The van der Waals surface area contributed by atoms with Crippen molar-refractivity contribution < 1.29 is 23.1 Å². The van der Waals surface area contributed by atoms with E-state index in [4.69, 9.17) is 15.0 Å². The zero-order valence-corrected chi connectivity index (χ0v) is 11.2. The van der Waals surface area contributed by atoms with E-state index < -0.39 is 16.0 Å². The molecular weight excluding hydrogens is 286 g/mol. The van der Waals surface area contributed by atoms with Crippen molar-refractivity contribution in [2.45, 2.75) is 4.90 Å². The van der Waals surface area contributed by atoms with Gasteiger partial charge in [0, 0.05) is 7.05 Å². The molecule has 0 amide bonds. The Morgan fingerprint density at radius 2 is 2.15 bits per heavy atom. The maximum absolute atomic E-state index is 11.2. The van der Waals surface area contributed by atoms with Crippen LogP contribution in [0, 0.1) is 0 Å². The number of primary sulfonamides is 1. The molecule has 1 heterocycles. The maximum atomic E-state index is 11.2. The number of ether oxygens (including phenoxy) is 1. The van der Waals surface area contributed by atoms with E-state index in [1.807, 2.05) is 0 Å². The first-order chi connectivity index (χ1) is 9.27. The second kappa shape index (κ2) is 4.94. The number of aryl methyl sites for hydroxylation is 1. The third-order valence-electron chi connectivity index (χ3n) is 2.42. The van der Waals surface area contributed by atoms with Gasteiger partial charge in [-0.3, -0.25) is 4.68 Å². The number of rotatable bonds is 4. The predicted octanol–water partition coefficient (Wildman–Crippen LogP) is 0.558. The van der Waals surface area contributed by atoms with Gasteiger partial charge in [0.15, 0.2) is 5.75 Å². The van der Waals surface area contributed by atoms with Gasteiger partial charge in [-0.15, -0.1) is 0 Å². The van der Waals surface area contributed by atoms with E-state index in [0.717, 1.165) is 6.07 Å². The third kappa shape index (κ3) is 2.95. The number of aromatic carboxylic acids is 1. The van der Waals surface area contributed by atoms with Gasteiger partial charge in [-0.05, 0) is 18.2 Å². The van der Waals surface area contributed by atoms with Gasteiger partial charge >= 0.3 is 5.97 Å². The summed E-state index contributed by atoms with van der Waals surface area (Å²) in [6, 6.07) is 3.35. The molecule has 0 atom stereocenters. The van der Waals surface area contributed by atoms with Gasteiger partial charge in [0.05, 0.1) is 17.3 Å². The number of carboxylic acid groups (broad SMARTS) is 1. The third-order valence-corrected chi connectivity index (χ3v) is 3.33. The van der Waals surface area contributed by atoms with Crippen LogP contribution in [0.2, 0.25) is 0 Å². The van der Waals surface area contributed by atoms with E-state index in [2.05, 4.69) is 5.10 Å². The first kappa shape index (κ1) is 14.0. The van der Waals surface area contributed by atoms with E-state index in [1.54, 1.807) is 13.2 Å². The van der Waals surface area contributed by atoms with Crippen molar-refractivity contribution in [3.8, 4) is 11.5 Å². The summed E-state index contributed by atoms with van der Waals surface area (Å²) in [5.74, 6) is -0.995. The molecule has 0 aliphatic rings. The Labute approximate surface area is 114 Å². The van der Waals surface area contributed by atoms with Crippen LogP contribution in [0.5, 0.6) is 11.5 Å². The monoisotopic (exact) mass is 297 g/mol. The Kier molecular flexibility index (Phi) is 3.47. The normalized spacial score (nSPS) is 11.3. The summed E-state index contributed by atoms with van der Waals surface area (Å²) in [7, 11) is -2.30. The minimum atomic E-state index is -3.98. The molecule has 0 aliphatic heterocycles. The Morgan fingerprint density at radius 1 is 1.45 bits per heavy atom. The number of aromatic nitrogens is 2. The average molecular weight is 297 g/mol. The fourth-order valence-electron chi connectivity index (χ4n) is 1.52. The number of benzene rings is 1. The van der Waals surface area contributed by atoms with Crippen LogP contribution >= 0.6 is 0 Å². The van der Waals surface area contributed by atoms with Gasteiger partial charge in [0.1, 0.15) is 11.3 Å². The number of nitrogens with two attached hydrogens (primary N) is 1. The molecule has 0 radical (unpaired) electrons. The summed E-state index contributed by atoms with van der Waals surface area (Å²) in [6.45, 7) is 0. The molecule has 0 unspecified atom stereocenters. The lowest BCUT2D eigenvalue weighted by molar-refractivity contribution is 0.0694. The first-order valence-electron chi connectivity index (χ1n) is 5.34. The lowest BCUT2D eigenvalue weighted by Gasteiger charge is -2.08. The number of hydrogen-bond donors (Lipinski definition) is 2. The molecule has 0 spiro atoms.